The van der Waals surface area contributed by atoms with Gasteiger partial charge in [-0.15, -0.1) is 0 Å². The molecule has 1 aromatic heterocycles. The summed E-state index contributed by atoms with van der Waals surface area (Å²) in [5.74, 6) is 0.576. The van der Waals surface area contributed by atoms with Gasteiger partial charge in [-0.2, -0.15) is 0 Å². The number of esters is 1. The number of rotatable bonds is 5. The Morgan fingerprint density at radius 1 is 1.32 bits per heavy atom. The molecule has 3 fully saturated rings. The summed E-state index contributed by atoms with van der Waals surface area (Å²) in [6.45, 7) is 4.68. The SMILES string of the molecule is COC(=O)c1cccc2c1c(CCN[C@@H]1CN3CCC1CC3)cn2C. The first-order valence-corrected chi connectivity index (χ1v) is 9.28. The number of hydrogen-bond donors (Lipinski definition) is 1. The van der Waals surface area contributed by atoms with Crippen LogP contribution in [0.3, 0.4) is 0 Å². The van der Waals surface area contributed by atoms with Crippen LogP contribution in [0.25, 0.3) is 10.9 Å². The zero-order valence-electron chi connectivity index (χ0n) is 15.1. The fraction of sp³-hybridized carbons (Fsp3) is 0.550. The predicted octanol–water partition coefficient (Wildman–Crippen LogP) is 2.19. The van der Waals surface area contributed by atoms with Gasteiger partial charge in [0.15, 0.2) is 0 Å². The first-order chi connectivity index (χ1) is 12.2. The Balaban J connectivity index is 1.50. The number of aromatic nitrogens is 1. The van der Waals surface area contributed by atoms with Crippen LogP contribution in [-0.2, 0) is 18.2 Å². The number of fused-ring (bicyclic) bond motifs is 4. The van der Waals surface area contributed by atoms with Gasteiger partial charge in [-0.3, -0.25) is 0 Å². The van der Waals surface area contributed by atoms with Crippen LogP contribution in [0.2, 0.25) is 0 Å². The van der Waals surface area contributed by atoms with Crippen molar-refractivity contribution in [3.63, 3.8) is 0 Å². The van der Waals surface area contributed by atoms with Crippen molar-refractivity contribution in [3.8, 4) is 0 Å². The first-order valence-electron chi connectivity index (χ1n) is 9.28. The maximum absolute atomic E-state index is 12.1. The van der Waals surface area contributed by atoms with Crippen molar-refractivity contribution in [1.82, 2.24) is 14.8 Å². The number of piperidine rings is 3. The Kier molecular flexibility index (Phi) is 4.52. The molecular weight excluding hydrogens is 314 g/mol. The lowest BCUT2D eigenvalue weighted by Crippen LogP contribution is -2.56. The van der Waals surface area contributed by atoms with Gasteiger partial charge in [-0.25, -0.2) is 4.79 Å². The highest BCUT2D eigenvalue weighted by Gasteiger charge is 2.33. The monoisotopic (exact) mass is 341 g/mol. The number of carbonyl (C=O) groups is 1. The summed E-state index contributed by atoms with van der Waals surface area (Å²) in [5.41, 5.74) is 2.96. The smallest absolute Gasteiger partial charge is 0.338 e. The van der Waals surface area contributed by atoms with Gasteiger partial charge in [0, 0.05) is 36.7 Å². The average molecular weight is 341 g/mol. The van der Waals surface area contributed by atoms with Crippen molar-refractivity contribution in [1.29, 1.82) is 0 Å². The molecule has 4 heterocycles. The molecule has 2 aromatic rings. The fourth-order valence-electron chi connectivity index (χ4n) is 4.60. The average Bonchev–Trinajstić information content (AvgIpc) is 2.98. The molecule has 5 nitrogen and oxygen atoms in total. The highest BCUT2D eigenvalue weighted by atomic mass is 16.5. The Bertz CT molecular complexity index is 775. The van der Waals surface area contributed by atoms with Gasteiger partial charge in [-0.1, -0.05) is 6.07 Å². The normalized spacial score (nSPS) is 25.4. The van der Waals surface area contributed by atoms with E-state index in [1.807, 2.05) is 19.2 Å². The minimum Gasteiger partial charge on any atom is -0.465 e. The van der Waals surface area contributed by atoms with Gasteiger partial charge in [-0.05, 0) is 62.5 Å². The Morgan fingerprint density at radius 2 is 2.12 bits per heavy atom. The number of aryl methyl sites for hydroxylation is 1. The van der Waals surface area contributed by atoms with Crippen LogP contribution in [0.4, 0.5) is 0 Å². The molecule has 0 unspecified atom stereocenters. The van der Waals surface area contributed by atoms with Crippen molar-refractivity contribution in [2.75, 3.05) is 33.3 Å². The van der Waals surface area contributed by atoms with Crippen LogP contribution in [0, 0.1) is 5.92 Å². The highest BCUT2D eigenvalue weighted by molar-refractivity contribution is 6.05. The lowest BCUT2D eigenvalue weighted by atomic mass is 9.84. The maximum atomic E-state index is 12.1. The number of nitrogens with zero attached hydrogens (tertiary/aromatic N) is 2. The molecule has 5 rings (SSSR count). The third kappa shape index (κ3) is 3.07. The summed E-state index contributed by atoms with van der Waals surface area (Å²) in [5, 5.41) is 4.81. The van der Waals surface area contributed by atoms with E-state index < -0.39 is 0 Å². The first kappa shape index (κ1) is 16.6. The zero-order valence-corrected chi connectivity index (χ0v) is 15.1. The van der Waals surface area contributed by atoms with E-state index in [-0.39, 0.29) is 5.97 Å². The van der Waals surface area contributed by atoms with Crippen molar-refractivity contribution in [2.45, 2.75) is 25.3 Å². The largest absolute Gasteiger partial charge is 0.465 e. The third-order valence-electron chi connectivity index (χ3n) is 5.96. The molecule has 1 atom stereocenters. The molecule has 2 bridgehead atoms. The molecule has 3 saturated heterocycles. The maximum Gasteiger partial charge on any atom is 0.338 e. The molecule has 3 aliphatic heterocycles. The minimum absolute atomic E-state index is 0.261. The molecule has 134 valence electrons. The molecule has 1 N–H and O–H groups in total. The summed E-state index contributed by atoms with van der Waals surface area (Å²) in [6, 6.07) is 6.46. The van der Waals surface area contributed by atoms with Gasteiger partial charge in [0.2, 0.25) is 0 Å². The van der Waals surface area contributed by atoms with E-state index in [0.29, 0.717) is 11.6 Å². The minimum atomic E-state index is -0.261. The van der Waals surface area contributed by atoms with Gasteiger partial charge in [0.05, 0.1) is 12.7 Å². The summed E-state index contributed by atoms with van der Waals surface area (Å²) < 4.78 is 7.07. The van der Waals surface area contributed by atoms with E-state index >= 15 is 0 Å². The van der Waals surface area contributed by atoms with E-state index in [1.165, 1.54) is 45.1 Å². The molecule has 0 spiro atoms. The lowest BCUT2D eigenvalue weighted by molar-refractivity contribution is 0.0603. The third-order valence-corrected chi connectivity index (χ3v) is 5.96. The second-order valence-corrected chi connectivity index (χ2v) is 7.41. The highest BCUT2D eigenvalue weighted by Crippen LogP contribution is 2.28. The van der Waals surface area contributed by atoms with Gasteiger partial charge in [0.1, 0.15) is 0 Å². The standard InChI is InChI=1S/C20H27N3O2/c1-22-12-15(19-16(20(24)25-2)4-3-5-18(19)22)6-9-21-17-13-23-10-7-14(17)8-11-23/h3-5,12,14,17,21H,6-11,13H2,1-2H3/t17-/m1/s1. The quantitative estimate of drug-likeness (QED) is 0.847. The number of hydrogen-bond acceptors (Lipinski definition) is 4. The molecule has 0 amide bonds. The molecule has 3 aliphatic rings. The summed E-state index contributed by atoms with van der Waals surface area (Å²) in [4.78, 5) is 14.7. The van der Waals surface area contributed by atoms with E-state index in [2.05, 4.69) is 27.0 Å². The summed E-state index contributed by atoms with van der Waals surface area (Å²) in [6.07, 6.45) is 5.74. The topological polar surface area (TPSA) is 46.5 Å². The fourth-order valence-corrected chi connectivity index (χ4v) is 4.60. The molecule has 5 heteroatoms. The van der Waals surface area contributed by atoms with E-state index in [1.54, 1.807) is 0 Å². The van der Waals surface area contributed by atoms with Crippen LogP contribution >= 0.6 is 0 Å². The molecular formula is C20H27N3O2. The Hall–Kier alpha value is -1.85. The van der Waals surface area contributed by atoms with Crippen molar-refractivity contribution in [3.05, 3.63) is 35.5 Å². The number of carbonyl (C=O) groups excluding carboxylic acids is 1. The zero-order chi connectivity index (χ0) is 17.4. The van der Waals surface area contributed by atoms with E-state index in [0.717, 1.165) is 29.8 Å². The van der Waals surface area contributed by atoms with Crippen LogP contribution < -0.4 is 5.32 Å². The Labute approximate surface area is 148 Å². The van der Waals surface area contributed by atoms with Crippen LogP contribution in [0.5, 0.6) is 0 Å². The van der Waals surface area contributed by atoms with Crippen molar-refractivity contribution < 1.29 is 9.53 Å². The number of benzene rings is 1. The number of nitrogens with one attached hydrogen (secondary N) is 1. The second kappa shape index (κ2) is 6.81. The molecule has 0 aliphatic carbocycles. The summed E-state index contributed by atoms with van der Waals surface area (Å²) in [7, 11) is 3.48. The molecule has 0 saturated carbocycles. The lowest BCUT2D eigenvalue weighted by Gasteiger charge is -2.45. The van der Waals surface area contributed by atoms with Gasteiger partial charge in [0.25, 0.3) is 0 Å². The second-order valence-electron chi connectivity index (χ2n) is 7.41. The van der Waals surface area contributed by atoms with Crippen LogP contribution in [0.1, 0.15) is 28.8 Å². The van der Waals surface area contributed by atoms with Crippen LogP contribution in [-0.4, -0.2) is 54.8 Å². The van der Waals surface area contributed by atoms with E-state index in [4.69, 9.17) is 4.74 Å². The van der Waals surface area contributed by atoms with E-state index in [9.17, 15) is 4.79 Å². The molecule has 0 radical (unpaired) electrons. The van der Waals surface area contributed by atoms with Crippen molar-refractivity contribution >= 4 is 16.9 Å². The van der Waals surface area contributed by atoms with Crippen molar-refractivity contribution in [2.24, 2.45) is 13.0 Å². The number of methoxy groups -OCH3 is 1. The van der Waals surface area contributed by atoms with Crippen LogP contribution in [0.15, 0.2) is 24.4 Å². The molecule has 1 aromatic carbocycles. The molecule has 25 heavy (non-hydrogen) atoms. The van der Waals surface area contributed by atoms with Gasteiger partial charge >= 0.3 is 5.97 Å². The number of ether oxygens (including phenoxy) is 1. The predicted molar refractivity (Wildman–Crippen MR) is 98.9 cm³/mol. The Morgan fingerprint density at radius 3 is 2.80 bits per heavy atom. The summed E-state index contributed by atoms with van der Waals surface area (Å²) >= 11 is 0. The van der Waals surface area contributed by atoms with Gasteiger partial charge < -0.3 is 19.5 Å².